The minimum Gasteiger partial charge on any atom is -0.308 e. The van der Waals surface area contributed by atoms with E-state index in [9.17, 15) is 4.57 Å². The standard InChI is InChI=1S/C7H18NO3P/c1-3-4-5-6-7-10-12(2,9)11-8/h3-8H2,1-2H3. The first kappa shape index (κ1) is 12.1. The van der Waals surface area contributed by atoms with Gasteiger partial charge in [-0.05, 0) is 6.42 Å². The molecule has 0 spiro atoms. The topological polar surface area (TPSA) is 61.5 Å². The first-order chi connectivity index (χ1) is 5.62. The lowest BCUT2D eigenvalue weighted by atomic mass is 10.2. The third-order valence-corrected chi connectivity index (χ3v) is 2.55. The van der Waals surface area contributed by atoms with Crippen LogP contribution in [0.4, 0.5) is 0 Å². The van der Waals surface area contributed by atoms with Gasteiger partial charge >= 0.3 is 7.60 Å². The van der Waals surface area contributed by atoms with Crippen LogP contribution >= 0.6 is 7.60 Å². The molecule has 0 heterocycles. The minimum absolute atomic E-state index is 0.463. The third-order valence-electron chi connectivity index (χ3n) is 1.52. The van der Waals surface area contributed by atoms with Gasteiger partial charge in [0, 0.05) is 6.66 Å². The summed E-state index contributed by atoms with van der Waals surface area (Å²) in [5.74, 6) is 4.76. The molecule has 0 amide bonds. The molecular formula is C7H18NO3P. The maximum atomic E-state index is 11.0. The van der Waals surface area contributed by atoms with Crippen molar-refractivity contribution in [2.45, 2.75) is 32.6 Å². The smallest absolute Gasteiger partial charge is 0.308 e. The van der Waals surface area contributed by atoms with Gasteiger partial charge in [0.15, 0.2) is 0 Å². The number of rotatable bonds is 7. The van der Waals surface area contributed by atoms with Crippen LogP contribution in [0.3, 0.4) is 0 Å². The van der Waals surface area contributed by atoms with Crippen molar-refractivity contribution in [3.63, 3.8) is 0 Å². The summed E-state index contributed by atoms with van der Waals surface area (Å²) in [4.78, 5) is 0. The van der Waals surface area contributed by atoms with Crippen molar-refractivity contribution in [2.75, 3.05) is 13.3 Å². The highest BCUT2D eigenvalue weighted by atomic mass is 31.2. The normalized spacial score (nSPS) is 15.9. The third kappa shape index (κ3) is 6.80. The van der Waals surface area contributed by atoms with Gasteiger partial charge < -0.3 is 4.52 Å². The molecule has 0 rings (SSSR count). The Morgan fingerprint density at radius 1 is 1.33 bits per heavy atom. The Morgan fingerprint density at radius 3 is 2.50 bits per heavy atom. The fourth-order valence-electron chi connectivity index (χ4n) is 0.790. The molecule has 0 radical (unpaired) electrons. The van der Waals surface area contributed by atoms with E-state index in [1.165, 1.54) is 19.5 Å². The molecule has 0 aromatic heterocycles. The van der Waals surface area contributed by atoms with Crippen molar-refractivity contribution in [2.24, 2.45) is 5.90 Å². The van der Waals surface area contributed by atoms with E-state index in [1.54, 1.807) is 0 Å². The first-order valence-corrected chi connectivity index (χ1v) is 6.22. The fraction of sp³-hybridized carbons (Fsp3) is 1.00. The Hall–Kier alpha value is 0.110. The highest BCUT2D eigenvalue weighted by molar-refractivity contribution is 7.52. The van der Waals surface area contributed by atoms with E-state index in [4.69, 9.17) is 10.4 Å². The zero-order chi connectivity index (χ0) is 9.45. The highest BCUT2D eigenvalue weighted by Gasteiger charge is 2.13. The Bertz CT molecular complexity index is 152. The molecule has 0 aromatic carbocycles. The molecule has 4 nitrogen and oxygen atoms in total. The number of hydrogen-bond donors (Lipinski definition) is 1. The average Bonchev–Trinajstić information content (AvgIpc) is 2.04. The van der Waals surface area contributed by atoms with Crippen molar-refractivity contribution in [3.8, 4) is 0 Å². The van der Waals surface area contributed by atoms with Crippen LogP contribution < -0.4 is 5.90 Å². The van der Waals surface area contributed by atoms with Crippen molar-refractivity contribution >= 4 is 7.60 Å². The lowest BCUT2D eigenvalue weighted by molar-refractivity contribution is 0.209. The van der Waals surface area contributed by atoms with Gasteiger partial charge in [0.1, 0.15) is 0 Å². The van der Waals surface area contributed by atoms with Gasteiger partial charge in [0.05, 0.1) is 6.61 Å². The molecule has 0 aliphatic carbocycles. The van der Waals surface area contributed by atoms with Crippen LogP contribution in [0.15, 0.2) is 0 Å². The van der Waals surface area contributed by atoms with Crippen LogP contribution in [0.1, 0.15) is 32.6 Å². The summed E-state index contributed by atoms with van der Waals surface area (Å²) in [5.41, 5.74) is 0. The quantitative estimate of drug-likeness (QED) is 0.384. The van der Waals surface area contributed by atoms with Crippen LogP contribution in [0, 0.1) is 0 Å². The molecule has 12 heavy (non-hydrogen) atoms. The maximum Gasteiger partial charge on any atom is 0.343 e. The van der Waals surface area contributed by atoms with E-state index in [0.29, 0.717) is 6.61 Å². The summed E-state index contributed by atoms with van der Waals surface area (Å²) in [7, 11) is -2.94. The average molecular weight is 195 g/mol. The second-order valence-electron chi connectivity index (χ2n) is 2.77. The number of nitrogens with two attached hydrogens (primary N) is 1. The fourth-order valence-corrected chi connectivity index (χ4v) is 1.31. The van der Waals surface area contributed by atoms with Gasteiger partial charge in [-0.1, -0.05) is 26.2 Å². The largest absolute Gasteiger partial charge is 0.343 e. The van der Waals surface area contributed by atoms with Crippen LogP contribution in [0.25, 0.3) is 0 Å². The van der Waals surface area contributed by atoms with E-state index in [2.05, 4.69) is 11.5 Å². The molecule has 0 saturated carbocycles. The zero-order valence-corrected chi connectivity index (χ0v) is 8.68. The molecule has 0 aromatic rings. The predicted octanol–water partition coefficient (Wildman–Crippen LogP) is 2.30. The molecule has 2 N–H and O–H groups in total. The van der Waals surface area contributed by atoms with E-state index in [-0.39, 0.29) is 0 Å². The Kier molecular flexibility index (Phi) is 6.67. The molecule has 0 saturated heterocycles. The first-order valence-electron chi connectivity index (χ1n) is 4.23. The van der Waals surface area contributed by atoms with Gasteiger partial charge in [-0.3, -0.25) is 4.57 Å². The SMILES string of the molecule is CCCCCCOP(C)(=O)ON. The molecule has 74 valence electrons. The molecule has 1 atom stereocenters. The van der Waals surface area contributed by atoms with Crippen molar-refractivity contribution in [1.29, 1.82) is 0 Å². The second-order valence-corrected chi connectivity index (χ2v) is 4.78. The summed E-state index contributed by atoms with van der Waals surface area (Å²) in [5, 5.41) is 0. The molecular weight excluding hydrogens is 177 g/mol. The molecule has 0 aliphatic rings. The summed E-state index contributed by atoms with van der Waals surface area (Å²) in [6, 6.07) is 0. The van der Waals surface area contributed by atoms with Crippen molar-refractivity contribution in [3.05, 3.63) is 0 Å². The van der Waals surface area contributed by atoms with Crippen LogP contribution in [-0.2, 0) is 13.7 Å². The van der Waals surface area contributed by atoms with E-state index < -0.39 is 7.60 Å². The number of unbranched alkanes of at least 4 members (excludes halogenated alkanes) is 3. The summed E-state index contributed by atoms with van der Waals surface area (Å²) in [6.07, 6.45) is 4.37. The lowest BCUT2D eigenvalue weighted by Gasteiger charge is -2.09. The Labute approximate surface area is 73.9 Å². The van der Waals surface area contributed by atoms with Gasteiger partial charge in [-0.2, -0.15) is 0 Å². The lowest BCUT2D eigenvalue weighted by Crippen LogP contribution is -2.00. The van der Waals surface area contributed by atoms with E-state index in [0.717, 1.165) is 12.8 Å². The van der Waals surface area contributed by atoms with Gasteiger partial charge in [-0.15, -0.1) is 0 Å². The molecule has 5 heteroatoms. The molecule has 0 aliphatic heterocycles. The zero-order valence-electron chi connectivity index (χ0n) is 7.78. The predicted molar refractivity (Wildman–Crippen MR) is 48.9 cm³/mol. The van der Waals surface area contributed by atoms with Crippen LogP contribution in [0.2, 0.25) is 0 Å². The van der Waals surface area contributed by atoms with Crippen molar-refractivity contribution < 1.29 is 13.7 Å². The Morgan fingerprint density at radius 2 is 2.00 bits per heavy atom. The molecule has 1 unspecified atom stereocenters. The van der Waals surface area contributed by atoms with Gasteiger partial charge in [0.2, 0.25) is 0 Å². The molecule has 0 fully saturated rings. The Balaban J connectivity index is 3.25. The van der Waals surface area contributed by atoms with Gasteiger partial charge in [-0.25, -0.2) is 10.5 Å². The maximum absolute atomic E-state index is 11.0. The number of hydrogen-bond acceptors (Lipinski definition) is 4. The monoisotopic (exact) mass is 195 g/mol. The summed E-state index contributed by atoms with van der Waals surface area (Å²) >= 11 is 0. The second kappa shape index (κ2) is 6.61. The minimum atomic E-state index is -2.94. The van der Waals surface area contributed by atoms with Gasteiger partial charge in [0.25, 0.3) is 0 Å². The summed E-state index contributed by atoms with van der Waals surface area (Å²) < 4.78 is 20.2. The highest BCUT2D eigenvalue weighted by Crippen LogP contribution is 2.41. The van der Waals surface area contributed by atoms with Crippen LogP contribution in [-0.4, -0.2) is 13.3 Å². The van der Waals surface area contributed by atoms with E-state index >= 15 is 0 Å². The van der Waals surface area contributed by atoms with Crippen LogP contribution in [0.5, 0.6) is 0 Å². The molecule has 0 bridgehead atoms. The van der Waals surface area contributed by atoms with Crippen molar-refractivity contribution in [1.82, 2.24) is 0 Å². The van der Waals surface area contributed by atoms with E-state index in [1.807, 2.05) is 0 Å². The summed E-state index contributed by atoms with van der Waals surface area (Å²) in [6.45, 7) is 3.96.